The predicted molar refractivity (Wildman–Crippen MR) is 123 cm³/mol. The largest absolute Gasteiger partial charge is 0.461 e. The van der Waals surface area contributed by atoms with Gasteiger partial charge in [-0.25, -0.2) is 4.79 Å². The van der Waals surface area contributed by atoms with Crippen LogP contribution in [0.3, 0.4) is 0 Å². The third kappa shape index (κ3) is 6.51. The van der Waals surface area contributed by atoms with Crippen molar-refractivity contribution < 1.29 is 31.8 Å². The van der Waals surface area contributed by atoms with E-state index in [9.17, 15) is 22.4 Å². The molecule has 5 nitrogen and oxygen atoms in total. The molecule has 10 heteroatoms. The summed E-state index contributed by atoms with van der Waals surface area (Å²) in [4.78, 5) is 17.1. The van der Waals surface area contributed by atoms with E-state index in [2.05, 4.69) is 21.6 Å². The number of aromatic nitrogens is 1. The molecule has 1 N–H and O–H groups in total. The van der Waals surface area contributed by atoms with Crippen LogP contribution in [0.25, 0.3) is 0 Å². The Labute approximate surface area is 204 Å². The van der Waals surface area contributed by atoms with E-state index in [1.807, 2.05) is 0 Å². The van der Waals surface area contributed by atoms with Gasteiger partial charge in [-0.1, -0.05) is 66.7 Å². The van der Waals surface area contributed by atoms with Crippen LogP contribution in [0.15, 0.2) is 85.6 Å². The third-order valence-corrected chi connectivity index (χ3v) is 5.18. The van der Waals surface area contributed by atoms with Gasteiger partial charge < -0.3 is 14.8 Å². The van der Waals surface area contributed by atoms with Gasteiger partial charge in [0, 0.05) is 12.6 Å². The topological polar surface area (TPSA) is 60.5 Å². The first-order valence-corrected chi connectivity index (χ1v) is 10.7. The summed E-state index contributed by atoms with van der Waals surface area (Å²) in [6.45, 7) is 3.41. The number of nitrogens with one attached hydrogen (secondary N) is 1. The normalized spacial score (nSPS) is 13.1. The molecule has 0 radical (unpaired) electrons. The minimum Gasteiger partial charge on any atom is -0.445 e. The first-order chi connectivity index (χ1) is 16.7. The molecule has 0 spiro atoms. The summed E-state index contributed by atoms with van der Waals surface area (Å²) < 4.78 is 62.1. The van der Waals surface area contributed by atoms with Gasteiger partial charge in [0.2, 0.25) is 0 Å². The molecule has 0 saturated heterocycles. The number of benzene rings is 2. The minimum atomic E-state index is -4.71. The van der Waals surface area contributed by atoms with Crippen LogP contribution >= 0.6 is 11.6 Å². The lowest BCUT2D eigenvalue weighted by atomic mass is 9.80. The number of carbonyl (C=O) groups is 1. The van der Waals surface area contributed by atoms with Crippen LogP contribution in [0.4, 0.5) is 22.4 Å². The van der Waals surface area contributed by atoms with Crippen molar-refractivity contribution in [1.82, 2.24) is 10.3 Å². The number of halogens is 5. The van der Waals surface area contributed by atoms with E-state index in [1.165, 1.54) is 24.4 Å². The molecule has 3 aromatic rings. The van der Waals surface area contributed by atoms with Gasteiger partial charge in [0.1, 0.15) is 17.9 Å². The van der Waals surface area contributed by atoms with Gasteiger partial charge in [0.05, 0.1) is 10.7 Å². The number of ether oxygens (including phenoxy) is 2. The van der Waals surface area contributed by atoms with Gasteiger partial charge in [-0.05, 0) is 35.4 Å². The fourth-order valence-corrected chi connectivity index (χ4v) is 3.53. The molecule has 2 aromatic carbocycles. The molecular formula is C25H21ClF4N2O3. The van der Waals surface area contributed by atoms with E-state index in [1.54, 1.807) is 42.5 Å². The van der Waals surface area contributed by atoms with Crippen molar-refractivity contribution in [3.8, 4) is 5.75 Å². The molecule has 0 aliphatic rings. The Morgan fingerprint density at radius 3 is 2.49 bits per heavy atom. The Morgan fingerprint density at radius 1 is 1.11 bits per heavy atom. The van der Waals surface area contributed by atoms with Crippen LogP contribution in [0.5, 0.6) is 5.75 Å². The molecule has 0 unspecified atom stereocenters. The molecule has 1 amide bonds. The first kappa shape index (κ1) is 26.0. The molecule has 0 aliphatic heterocycles. The van der Waals surface area contributed by atoms with Crippen molar-refractivity contribution in [2.24, 2.45) is 0 Å². The fraction of sp³-hybridized carbons (Fsp3) is 0.200. The Bertz CT molecular complexity index is 1150. The standard InChI is InChI=1S/C25H21ClF4N2O3/c1-2-13-34-23(33)32-24(15-17-7-4-3-5-8-17,21-12-11-19(26)16-31-21)18-9-6-10-20(14-18)35-25(29,30)22(27)28/h2-12,14,16,22H,1,13,15H2,(H,32,33)/t24-/m0/s1. The highest BCUT2D eigenvalue weighted by atomic mass is 35.5. The second-order valence-electron chi connectivity index (χ2n) is 7.43. The highest BCUT2D eigenvalue weighted by Crippen LogP contribution is 2.36. The highest BCUT2D eigenvalue weighted by molar-refractivity contribution is 6.30. The molecule has 1 atom stereocenters. The summed E-state index contributed by atoms with van der Waals surface area (Å²) in [5.74, 6) is -0.527. The van der Waals surface area contributed by atoms with E-state index >= 15 is 0 Å². The monoisotopic (exact) mass is 508 g/mol. The summed E-state index contributed by atoms with van der Waals surface area (Å²) in [7, 11) is 0. The van der Waals surface area contributed by atoms with Crippen molar-refractivity contribution in [2.45, 2.75) is 24.5 Å². The number of nitrogens with zero attached hydrogens (tertiary/aromatic N) is 1. The van der Waals surface area contributed by atoms with Crippen LogP contribution in [0.2, 0.25) is 5.02 Å². The van der Waals surface area contributed by atoms with Crippen LogP contribution in [-0.4, -0.2) is 30.2 Å². The number of amides is 1. The summed E-state index contributed by atoms with van der Waals surface area (Å²) in [5, 5.41) is 3.10. The van der Waals surface area contributed by atoms with Gasteiger partial charge in [-0.2, -0.15) is 17.6 Å². The van der Waals surface area contributed by atoms with E-state index in [0.717, 1.165) is 17.7 Å². The Kier molecular flexibility index (Phi) is 8.34. The zero-order valence-electron chi connectivity index (χ0n) is 18.3. The molecule has 0 saturated carbocycles. The van der Waals surface area contributed by atoms with Crippen LogP contribution < -0.4 is 10.1 Å². The van der Waals surface area contributed by atoms with Gasteiger partial charge in [0.15, 0.2) is 0 Å². The molecule has 0 aliphatic carbocycles. The number of carbonyl (C=O) groups excluding carboxylic acids is 1. The average molecular weight is 509 g/mol. The Balaban J connectivity index is 2.18. The maximum Gasteiger partial charge on any atom is 0.461 e. The van der Waals surface area contributed by atoms with Gasteiger partial charge in [0.25, 0.3) is 0 Å². The summed E-state index contributed by atoms with van der Waals surface area (Å²) in [6.07, 6.45) is -6.76. The average Bonchev–Trinajstić information content (AvgIpc) is 2.83. The second kappa shape index (κ2) is 11.2. The number of hydrogen-bond donors (Lipinski definition) is 1. The molecule has 1 aromatic heterocycles. The predicted octanol–water partition coefficient (Wildman–Crippen LogP) is 6.37. The van der Waals surface area contributed by atoms with Gasteiger partial charge in [-0.15, -0.1) is 0 Å². The number of pyridine rings is 1. The molecule has 1 heterocycles. The molecule has 0 fully saturated rings. The molecule has 184 valence electrons. The quantitative estimate of drug-likeness (QED) is 0.255. The lowest BCUT2D eigenvalue weighted by Gasteiger charge is -2.35. The lowest BCUT2D eigenvalue weighted by Crippen LogP contribution is -2.49. The van der Waals surface area contributed by atoms with Gasteiger partial charge in [-0.3, -0.25) is 4.98 Å². The summed E-state index contributed by atoms with van der Waals surface area (Å²) in [6, 6.07) is 17.2. The zero-order valence-corrected chi connectivity index (χ0v) is 19.0. The minimum absolute atomic E-state index is 0.0922. The van der Waals surface area contributed by atoms with E-state index in [4.69, 9.17) is 16.3 Å². The van der Waals surface area contributed by atoms with Crippen molar-refractivity contribution in [3.05, 3.63) is 107 Å². The molecule has 0 bridgehead atoms. The number of alkyl carbamates (subject to hydrolysis) is 1. The number of alkyl halides is 4. The number of rotatable bonds is 10. The third-order valence-electron chi connectivity index (χ3n) is 4.96. The molecular weight excluding hydrogens is 488 g/mol. The Hall–Kier alpha value is -3.59. The molecule has 3 rings (SSSR count). The summed E-state index contributed by atoms with van der Waals surface area (Å²) in [5.41, 5.74) is -0.213. The zero-order chi connectivity index (χ0) is 25.5. The van der Waals surface area contributed by atoms with Crippen molar-refractivity contribution >= 4 is 17.7 Å². The SMILES string of the molecule is C=CCOC(=O)N[C@@](Cc1ccccc1)(c1cccc(OC(F)(F)C(F)F)c1)c1ccc(Cl)cn1. The second-order valence-corrected chi connectivity index (χ2v) is 7.87. The maximum atomic E-state index is 13.6. The lowest BCUT2D eigenvalue weighted by molar-refractivity contribution is -0.253. The fourth-order valence-electron chi connectivity index (χ4n) is 3.42. The first-order valence-electron chi connectivity index (χ1n) is 10.3. The van der Waals surface area contributed by atoms with E-state index in [0.29, 0.717) is 10.7 Å². The van der Waals surface area contributed by atoms with Crippen LogP contribution in [0.1, 0.15) is 16.8 Å². The Morgan fingerprint density at radius 2 is 1.86 bits per heavy atom. The van der Waals surface area contributed by atoms with Gasteiger partial charge >= 0.3 is 18.6 Å². The van der Waals surface area contributed by atoms with Crippen LogP contribution in [0, 0.1) is 0 Å². The maximum absolute atomic E-state index is 13.6. The van der Waals surface area contributed by atoms with Crippen molar-refractivity contribution in [1.29, 1.82) is 0 Å². The van der Waals surface area contributed by atoms with Crippen LogP contribution in [-0.2, 0) is 16.7 Å². The number of hydrogen-bond acceptors (Lipinski definition) is 4. The van der Waals surface area contributed by atoms with Crippen molar-refractivity contribution in [2.75, 3.05) is 6.61 Å². The van der Waals surface area contributed by atoms with E-state index < -0.39 is 29.9 Å². The van der Waals surface area contributed by atoms with E-state index in [-0.39, 0.29) is 18.6 Å². The highest BCUT2D eigenvalue weighted by Gasteiger charge is 2.44. The molecule has 35 heavy (non-hydrogen) atoms. The summed E-state index contributed by atoms with van der Waals surface area (Å²) >= 11 is 6.01. The smallest absolute Gasteiger partial charge is 0.445 e. The van der Waals surface area contributed by atoms with Crippen molar-refractivity contribution in [3.63, 3.8) is 0 Å².